The van der Waals surface area contributed by atoms with Gasteiger partial charge in [-0.2, -0.15) is 0 Å². The summed E-state index contributed by atoms with van der Waals surface area (Å²) in [7, 11) is 0. The summed E-state index contributed by atoms with van der Waals surface area (Å²) in [6.45, 7) is 6.29. The normalized spacial score (nSPS) is 26.0. The summed E-state index contributed by atoms with van der Waals surface area (Å²) in [5.74, 6) is 2.77. The third-order valence-corrected chi connectivity index (χ3v) is 6.04. The number of nitrogens with zero attached hydrogens (tertiary/aromatic N) is 6. The van der Waals surface area contributed by atoms with E-state index >= 15 is 0 Å². The Morgan fingerprint density at radius 3 is 2.93 bits per heavy atom. The monoisotopic (exact) mass is 371 g/mol. The van der Waals surface area contributed by atoms with Crippen LogP contribution in [0.1, 0.15) is 37.6 Å². The fraction of sp³-hybridized carbons (Fsp3) is 0.333. The van der Waals surface area contributed by atoms with Gasteiger partial charge in [0.25, 0.3) is 0 Å². The van der Waals surface area contributed by atoms with Crippen LogP contribution >= 0.6 is 0 Å². The number of hydrazine groups is 1. The predicted molar refractivity (Wildman–Crippen MR) is 109 cm³/mol. The molecule has 2 aliphatic heterocycles. The van der Waals surface area contributed by atoms with Gasteiger partial charge in [-0.3, -0.25) is 20.4 Å². The van der Waals surface area contributed by atoms with E-state index in [1.165, 1.54) is 11.4 Å². The molecule has 7 nitrogen and oxygen atoms in total. The fourth-order valence-corrected chi connectivity index (χ4v) is 4.37. The van der Waals surface area contributed by atoms with Gasteiger partial charge in [-0.1, -0.05) is 0 Å². The molecule has 6 rings (SSSR count). The lowest BCUT2D eigenvalue weighted by atomic mass is 10.2. The maximum atomic E-state index is 5.03. The van der Waals surface area contributed by atoms with Crippen LogP contribution in [0.25, 0.3) is 16.6 Å². The molecule has 3 aliphatic rings. The van der Waals surface area contributed by atoms with Crippen LogP contribution < -0.4 is 5.43 Å². The van der Waals surface area contributed by atoms with Gasteiger partial charge in [0, 0.05) is 41.5 Å². The van der Waals surface area contributed by atoms with E-state index in [0.717, 1.165) is 40.3 Å². The second-order valence-corrected chi connectivity index (χ2v) is 7.88. The summed E-state index contributed by atoms with van der Waals surface area (Å²) in [6.07, 6.45) is 6.93. The molecule has 3 aromatic rings. The van der Waals surface area contributed by atoms with Crippen LogP contribution in [0.5, 0.6) is 0 Å². The molecule has 0 spiro atoms. The minimum absolute atomic E-state index is 0.202. The SMILES string of the molecule is CC1=C2N=C([C@H]3C[C@@H]3c3nc4c5cccnc5ccn4c3C)NN2[C@@H](C)C=N1. The summed E-state index contributed by atoms with van der Waals surface area (Å²) in [6, 6.07) is 6.32. The lowest BCUT2D eigenvalue weighted by Crippen LogP contribution is -2.44. The molecule has 28 heavy (non-hydrogen) atoms. The average Bonchev–Trinajstić information content (AvgIpc) is 3.23. The Labute approximate surface area is 162 Å². The maximum absolute atomic E-state index is 5.03. The Balaban J connectivity index is 1.37. The summed E-state index contributed by atoms with van der Waals surface area (Å²) < 4.78 is 2.18. The van der Waals surface area contributed by atoms with E-state index in [1.54, 1.807) is 0 Å². The number of aryl methyl sites for hydroxylation is 1. The highest BCUT2D eigenvalue weighted by Crippen LogP contribution is 2.50. The molecule has 0 saturated heterocycles. The third kappa shape index (κ3) is 2.10. The van der Waals surface area contributed by atoms with E-state index in [2.05, 4.69) is 57.0 Å². The molecule has 0 bridgehead atoms. The molecule has 1 fully saturated rings. The number of imidazole rings is 1. The smallest absolute Gasteiger partial charge is 0.171 e. The van der Waals surface area contributed by atoms with Crippen molar-refractivity contribution < 1.29 is 0 Å². The van der Waals surface area contributed by atoms with Crippen LogP contribution in [-0.4, -0.2) is 37.5 Å². The minimum Gasteiger partial charge on any atom is -0.303 e. The molecule has 1 saturated carbocycles. The number of rotatable bonds is 2. The Bertz CT molecular complexity index is 1230. The van der Waals surface area contributed by atoms with Crippen LogP contribution in [0.4, 0.5) is 0 Å². The highest BCUT2D eigenvalue weighted by molar-refractivity contribution is 5.93. The van der Waals surface area contributed by atoms with Crippen LogP contribution in [0.3, 0.4) is 0 Å². The first-order valence-electron chi connectivity index (χ1n) is 9.73. The van der Waals surface area contributed by atoms with E-state index in [-0.39, 0.29) is 6.04 Å². The van der Waals surface area contributed by atoms with Gasteiger partial charge in [-0.15, -0.1) is 0 Å². The lowest BCUT2D eigenvalue weighted by molar-refractivity contribution is 0.290. The van der Waals surface area contributed by atoms with Crippen LogP contribution in [0.15, 0.2) is 52.1 Å². The van der Waals surface area contributed by atoms with E-state index < -0.39 is 0 Å². The van der Waals surface area contributed by atoms with Crippen LogP contribution in [0, 0.1) is 12.8 Å². The molecule has 0 unspecified atom stereocenters. The van der Waals surface area contributed by atoms with Gasteiger partial charge >= 0.3 is 0 Å². The molecular weight excluding hydrogens is 350 g/mol. The van der Waals surface area contributed by atoms with Crippen LogP contribution in [-0.2, 0) is 0 Å². The van der Waals surface area contributed by atoms with Crippen molar-refractivity contribution in [2.75, 3.05) is 0 Å². The Hall–Kier alpha value is -3.22. The highest BCUT2D eigenvalue weighted by Gasteiger charge is 2.47. The van der Waals surface area contributed by atoms with Crippen LogP contribution in [0.2, 0.25) is 0 Å². The van der Waals surface area contributed by atoms with Crippen molar-refractivity contribution in [2.45, 2.75) is 39.2 Å². The van der Waals surface area contributed by atoms with Crippen molar-refractivity contribution in [3.8, 4) is 0 Å². The quantitative estimate of drug-likeness (QED) is 0.751. The number of allylic oxidation sites excluding steroid dienone is 1. The standard InChI is InChI=1S/C21H21N7/c1-11-10-23-12(2)20-25-19(26-28(11)20)16-9-15(16)18-13(3)27-8-6-17-14(21(27)24-18)5-4-7-22-17/h4-8,10-11,15-16H,9H2,1-3H3,(H,25,26)/t11-,15-,16-/m0/s1. The molecule has 0 aromatic carbocycles. The zero-order valence-electron chi connectivity index (χ0n) is 16.1. The molecule has 0 amide bonds. The average molecular weight is 371 g/mol. The fourth-order valence-electron chi connectivity index (χ4n) is 4.37. The van der Waals surface area contributed by atoms with Crippen molar-refractivity contribution >= 4 is 28.6 Å². The zero-order valence-corrected chi connectivity index (χ0v) is 16.1. The summed E-state index contributed by atoms with van der Waals surface area (Å²) in [5, 5.41) is 3.21. The highest BCUT2D eigenvalue weighted by atomic mass is 15.6. The second-order valence-electron chi connectivity index (χ2n) is 7.88. The number of hydrogen-bond acceptors (Lipinski definition) is 6. The Kier molecular flexibility index (Phi) is 3.05. The van der Waals surface area contributed by atoms with Crippen molar-refractivity contribution in [1.82, 2.24) is 24.8 Å². The van der Waals surface area contributed by atoms with E-state index in [1.807, 2.05) is 25.4 Å². The lowest BCUT2D eigenvalue weighted by Gasteiger charge is -2.27. The Morgan fingerprint density at radius 2 is 2.07 bits per heavy atom. The third-order valence-electron chi connectivity index (χ3n) is 6.04. The van der Waals surface area contributed by atoms with Crippen molar-refractivity contribution in [3.63, 3.8) is 0 Å². The van der Waals surface area contributed by atoms with E-state index in [0.29, 0.717) is 11.8 Å². The summed E-state index contributed by atoms with van der Waals surface area (Å²) in [5.41, 5.74) is 8.81. The minimum atomic E-state index is 0.202. The second kappa shape index (κ2) is 5.41. The number of hydrogen-bond donors (Lipinski definition) is 1. The summed E-state index contributed by atoms with van der Waals surface area (Å²) >= 11 is 0. The molecule has 0 radical (unpaired) electrons. The van der Waals surface area contributed by atoms with Gasteiger partial charge in [-0.25, -0.2) is 9.98 Å². The first kappa shape index (κ1) is 15.8. The van der Waals surface area contributed by atoms with Crippen molar-refractivity contribution in [2.24, 2.45) is 15.9 Å². The summed E-state index contributed by atoms with van der Waals surface area (Å²) in [4.78, 5) is 18.8. The van der Waals surface area contributed by atoms with Crippen molar-refractivity contribution in [3.05, 3.63) is 53.5 Å². The first-order valence-corrected chi connectivity index (χ1v) is 9.73. The molecule has 1 aliphatic carbocycles. The van der Waals surface area contributed by atoms with E-state index in [9.17, 15) is 0 Å². The zero-order chi connectivity index (χ0) is 19.0. The van der Waals surface area contributed by atoms with Gasteiger partial charge in [0.1, 0.15) is 11.5 Å². The van der Waals surface area contributed by atoms with Gasteiger partial charge < -0.3 is 4.40 Å². The maximum Gasteiger partial charge on any atom is 0.171 e. The largest absolute Gasteiger partial charge is 0.303 e. The number of aliphatic imine (C=N–C) groups is 2. The topological polar surface area (TPSA) is 70.2 Å². The van der Waals surface area contributed by atoms with Crippen molar-refractivity contribution in [1.29, 1.82) is 0 Å². The number of pyridine rings is 2. The van der Waals surface area contributed by atoms with E-state index in [4.69, 9.17) is 9.98 Å². The number of aromatic nitrogens is 3. The Morgan fingerprint density at radius 1 is 1.18 bits per heavy atom. The number of fused-ring (bicyclic) bond motifs is 4. The molecule has 3 atom stereocenters. The molecule has 140 valence electrons. The number of nitrogens with one attached hydrogen (secondary N) is 1. The molecule has 5 heterocycles. The number of amidine groups is 1. The van der Waals surface area contributed by atoms with Gasteiger partial charge in [0.2, 0.25) is 0 Å². The van der Waals surface area contributed by atoms with Gasteiger partial charge in [-0.05, 0) is 45.4 Å². The molecule has 3 aromatic heterocycles. The van der Waals surface area contributed by atoms with Gasteiger partial charge in [0.05, 0.1) is 22.9 Å². The molecular formula is C21H21N7. The predicted octanol–water partition coefficient (Wildman–Crippen LogP) is 3.18. The first-order chi connectivity index (χ1) is 13.6. The van der Waals surface area contributed by atoms with Gasteiger partial charge in [0.15, 0.2) is 5.82 Å². The molecule has 1 N–H and O–H groups in total. The molecule has 7 heteroatoms.